The molecule has 1 aromatic heterocycles. The smallest absolute Gasteiger partial charge is 0.0308 e. The summed E-state index contributed by atoms with van der Waals surface area (Å²) in [6.07, 6.45) is 3.45. The summed E-state index contributed by atoms with van der Waals surface area (Å²) in [5.41, 5.74) is 4.34. The minimum atomic E-state index is 1.07. The molecule has 2 aromatic carbocycles. The van der Waals surface area contributed by atoms with E-state index in [1.54, 1.807) is 0 Å². The van der Waals surface area contributed by atoms with Crippen molar-refractivity contribution in [2.24, 2.45) is 0 Å². The number of allylic oxidation sites excluding steroid dienone is 1. The molecule has 0 nitrogen and oxygen atoms in total. The highest BCUT2D eigenvalue weighted by Gasteiger charge is 2.17. The normalized spacial score (nSPS) is 13.6. The maximum Gasteiger partial charge on any atom is 0.0308 e. The fourth-order valence-corrected chi connectivity index (χ4v) is 3.74. The molecule has 1 aliphatic carbocycles. The van der Waals surface area contributed by atoms with Gasteiger partial charge in [-0.25, -0.2) is 0 Å². The third-order valence-corrected chi connectivity index (χ3v) is 4.89. The third kappa shape index (κ3) is 1.73. The molecule has 1 heterocycles. The van der Waals surface area contributed by atoms with Crippen LogP contribution < -0.4 is 0 Å². The van der Waals surface area contributed by atoms with Crippen molar-refractivity contribution in [2.75, 3.05) is 0 Å². The van der Waals surface area contributed by atoms with Crippen LogP contribution in [0, 0.1) is 6.92 Å². The number of benzene rings is 2. The summed E-state index contributed by atoms with van der Waals surface area (Å²) in [4.78, 5) is 2.80. The van der Waals surface area contributed by atoms with E-state index in [9.17, 15) is 0 Å². The van der Waals surface area contributed by atoms with Crippen LogP contribution in [0.1, 0.15) is 20.9 Å². The van der Waals surface area contributed by atoms with Gasteiger partial charge in [0.15, 0.2) is 0 Å². The van der Waals surface area contributed by atoms with Crippen LogP contribution in [0.25, 0.3) is 22.4 Å². The number of hydrogen-bond acceptors (Lipinski definition) is 1. The quantitative estimate of drug-likeness (QED) is 0.557. The van der Waals surface area contributed by atoms with E-state index in [4.69, 9.17) is 0 Å². The Balaban J connectivity index is 1.90. The second kappa shape index (κ2) is 4.07. The van der Waals surface area contributed by atoms with Gasteiger partial charge in [-0.05, 0) is 59.0 Å². The summed E-state index contributed by atoms with van der Waals surface area (Å²) < 4.78 is 0. The van der Waals surface area contributed by atoms with Gasteiger partial charge in [0.2, 0.25) is 0 Å². The Morgan fingerprint density at radius 2 is 1.84 bits per heavy atom. The summed E-state index contributed by atoms with van der Waals surface area (Å²) >= 11 is 1.89. The lowest BCUT2D eigenvalue weighted by atomic mass is 10.0. The predicted molar refractivity (Wildman–Crippen MR) is 84.6 cm³/mol. The minimum Gasteiger partial charge on any atom is -0.141 e. The summed E-state index contributed by atoms with van der Waals surface area (Å²) in [7, 11) is 0. The van der Waals surface area contributed by atoms with E-state index in [-0.39, 0.29) is 0 Å². The molecule has 1 heteroatoms. The molecule has 3 aromatic rings. The minimum absolute atomic E-state index is 1.07. The van der Waals surface area contributed by atoms with Crippen molar-refractivity contribution in [1.29, 1.82) is 0 Å². The maximum atomic E-state index is 2.38. The van der Waals surface area contributed by atoms with Crippen molar-refractivity contribution in [2.45, 2.75) is 13.3 Å². The molecule has 0 saturated heterocycles. The zero-order valence-corrected chi connectivity index (χ0v) is 11.6. The number of fused-ring (bicyclic) bond motifs is 3. The van der Waals surface area contributed by atoms with Gasteiger partial charge in [0.25, 0.3) is 0 Å². The van der Waals surface area contributed by atoms with E-state index >= 15 is 0 Å². The maximum absolute atomic E-state index is 2.38. The first-order chi connectivity index (χ1) is 9.31. The van der Waals surface area contributed by atoms with Gasteiger partial charge < -0.3 is 0 Å². The monoisotopic (exact) mass is 262 g/mol. The molecule has 0 spiro atoms. The van der Waals surface area contributed by atoms with Gasteiger partial charge in [-0.3, -0.25) is 0 Å². The van der Waals surface area contributed by atoms with Crippen LogP contribution in [-0.2, 0) is 6.42 Å². The van der Waals surface area contributed by atoms with Crippen LogP contribution in [0.4, 0.5) is 0 Å². The van der Waals surface area contributed by atoms with Gasteiger partial charge in [-0.15, -0.1) is 11.3 Å². The van der Waals surface area contributed by atoms with Crippen LogP contribution >= 0.6 is 11.3 Å². The Labute approximate surface area is 117 Å². The van der Waals surface area contributed by atoms with Crippen molar-refractivity contribution in [1.82, 2.24) is 0 Å². The Kier molecular flexibility index (Phi) is 2.36. The van der Waals surface area contributed by atoms with Crippen LogP contribution in [0.5, 0.6) is 0 Å². The number of aryl methyl sites for hydroxylation is 1. The van der Waals surface area contributed by atoms with E-state index in [1.807, 2.05) is 11.3 Å². The topological polar surface area (TPSA) is 0 Å². The second-order valence-corrected chi connectivity index (χ2v) is 6.40. The number of hydrogen-bond donors (Lipinski definition) is 0. The molecule has 0 bridgehead atoms. The van der Waals surface area contributed by atoms with E-state index < -0.39 is 0 Å². The van der Waals surface area contributed by atoms with E-state index in [0.29, 0.717) is 0 Å². The molecule has 0 fully saturated rings. The molecule has 0 atom stereocenters. The average molecular weight is 262 g/mol. The Hall–Kier alpha value is -1.86. The van der Waals surface area contributed by atoms with Crippen molar-refractivity contribution in [3.63, 3.8) is 0 Å². The Morgan fingerprint density at radius 3 is 2.68 bits per heavy atom. The largest absolute Gasteiger partial charge is 0.141 e. The molecule has 0 saturated carbocycles. The van der Waals surface area contributed by atoms with Gasteiger partial charge in [0, 0.05) is 9.75 Å². The molecule has 0 unspecified atom stereocenters. The Morgan fingerprint density at radius 1 is 0.947 bits per heavy atom. The van der Waals surface area contributed by atoms with E-state index in [0.717, 1.165) is 6.42 Å². The molecule has 0 radical (unpaired) electrons. The number of thiophene rings is 1. The summed E-state index contributed by atoms with van der Waals surface area (Å²) in [6.45, 7) is 2.17. The van der Waals surface area contributed by atoms with Gasteiger partial charge in [0.1, 0.15) is 0 Å². The first-order valence-corrected chi connectivity index (χ1v) is 7.41. The zero-order valence-electron chi connectivity index (χ0n) is 10.8. The van der Waals surface area contributed by atoms with Crippen molar-refractivity contribution >= 4 is 33.8 Å². The van der Waals surface area contributed by atoms with Crippen LogP contribution in [0.3, 0.4) is 0 Å². The molecule has 19 heavy (non-hydrogen) atoms. The van der Waals surface area contributed by atoms with Gasteiger partial charge in [0.05, 0.1) is 0 Å². The SMILES string of the molecule is Cc1ccc(C2=Cc3c(ccc4ccccc34)C2)s1. The highest BCUT2D eigenvalue weighted by atomic mass is 32.1. The zero-order chi connectivity index (χ0) is 12.8. The highest BCUT2D eigenvalue weighted by Crippen LogP contribution is 2.37. The predicted octanol–water partition coefficient (Wildman–Crippen LogP) is 5.31. The average Bonchev–Trinajstić information content (AvgIpc) is 3.04. The third-order valence-electron chi connectivity index (χ3n) is 3.82. The fourth-order valence-electron chi connectivity index (χ4n) is 2.86. The Bertz CT molecular complexity index is 805. The van der Waals surface area contributed by atoms with Crippen molar-refractivity contribution in [3.8, 4) is 0 Å². The van der Waals surface area contributed by atoms with Gasteiger partial charge in [-0.2, -0.15) is 0 Å². The van der Waals surface area contributed by atoms with Crippen molar-refractivity contribution in [3.05, 3.63) is 69.4 Å². The second-order valence-electron chi connectivity index (χ2n) is 5.12. The summed E-state index contributed by atoms with van der Waals surface area (Å²) in [5.74, 6) is 0. The molecule has 4 rings (SSSR count). The first kappa shape index (κ1) is 11.0. The molecule has 1 aliphatic rings. The van der Waals surface area contributed by atoms with Gasteiger partial charge >= 0.3 is 0 Å². The fraction of sp³-hybridized carbons (Fsp3) is 0.111. The standard InChI is InChI=1S/C18H14S/c1-12-6-9-18(19-12)15-10-14-8-7-13-4-2-3-5-16(13)17(14)11-15/h2-9,11H,10H2,1H3. The molecule has 0 N–H and O–H groups in total. The molecule has 92 valence electrons. The lowest BCUT2D eigenvalue weighted by Crippen LogP contribution is -1.84. The molecule has 0 aliphatic heterocycles. The summed E-state index contributed by atoms with van der Waals surface area (Å²) in [6, 6.07) is 17.6. The molecule has 0 amide bonds. The lowest BCUT2D eigenvalue weighted by Gasteiger charge is -2.03. The van der Waals surface area contributed by atoms with Crippen molar-refractivity contribution < 1.29 is 0 Å². The first-order valence-electron chi connectivity index (χ1n) is 6.59. The molecular formula is C18H14S. The highest BCUT2D eigenvalue weighted by molar-refractivity contribution is 7.13. The van der Waals surface area contributed by atoms with Crippen LogP contribution in [-0.4, -0.2) is 0 Å². The molecular weight excluding hydrogens is 248 g/mol. The lowest BCUT2D eigenvalue weighted by molar-refractivity contribution is 1.34. The van der Waals surface area contributed by atoms with Gasteiger partial charge in [-0.1, -0.05) is 36.4 Å². The summed E-state index contributed by atoms with van der Waals surface area (Å²) in [5, 5.41) is 2.71. The van der Waals surface area contributed by atoms with Crippen LogP contribution in [0.15, 0.2) is 48.5 Å². The van der Waals surface area contributed by atoms with Crippen LogP contribution in [0.2, 0.25) is 0 Å². The number of rotatable bonds is 1. The van der Waals surface area contributed by atoms with E-state index in [2.05, 4.69) is 61.5 Å². The van der Waals surface area contributed by atoms with E-state index in [1.165, 1.54) is 37.2 Å².